The van der Waals surface area contributed by atoms with Gasteiger partial charge in [0.05, 0.1) is 29.8 Å². The predicted molar refractivity (Wildman–Crippen MR) is 113 cm³/mol. The molecule has 9 nitrogen and oxygen atoms in total. The van der Waals surface area contributed by atoms with E-state index in [1.165, 1.54) is 6.33 Å². The number of piperazine rings is 1. The highest BCUT2D eigenvalue weighted by Crippen LogP contribution is 2.29. The van der Waals surface area contributed by atoms with Crippen LogP contribution in [0.25, 0.3) is 10.9 Å². The van der Waals surface area contributed by atoms with Gasteiger partial charge in [0.25, 0.3) is 5.91 Å². The zero-order valence-electron chi connectivity index (χ0n) is 17.7. The Hall–Kier alpha value is -3.20. The number of nitrogens with zero attached hydrogens (tertiary/aromatic N) is 5. The van der Waals surface area contributed by atoms with E-state index in [0.717, 1.165) is 42.7 Å². The molecule has 1 unspecified atom stereocenters. The van der Waals surface area contributed by atoms with Crippen molar-refractivity contribution in [2.45, 2.75) is 26.4 Å². The van der Waals surface area contributed by atoms with Crippen molar-refractivity contribution in [2.75, 3.05) is 44.3 Å². The molecule has 0 bridgehead atoms. The number of ether oxygens (including phenoxy) is 2. The molecule has 2 saturated heterocycles. The summed E-state index contributed by atoms with van der Waals surface area (Å²) in [5.41, 5.74) is 3.13. The van der Waals surface area contributed by atoms with Crippen molar-refractivity contribution >= 4 is 22.5 Å². The van der Waals surface area contributed by atoms with Crippen LogP contribution in [0.3, 0.4) is 0 Å². The van der Waals surface area contributed by atoms with Gasteiger partial charge in [0.15, 0.2) is 0 Å². The fourth-order valence-electron chi connectivity index (χ4n) is 4.19. The number of hydrogen-bond acceptors (Lipinski definition) is 8. The molecule has 3 aromatic rings. The SMILES string of the molecule is Cc1noc(C)c1C(=O)N1CCN(c2ccc3ncnc(OC4CCOC4)c3c2)CC1. The quantitative estimate of drug-likeness (QED) is 0.631. The lowest BCUT2D eigenvalue weighted by Crippen LogP contribution is -2.49. The fourth-order valence-corrected chi connectivity index (χ4v) is 4.19. The summed E-state index contributed by atoms with van der Waals surface area (Å²) in [5.74, 6) is 1.14. The van der Waals surface area contributed by atoms with Gasteiger partial charge < -0.3 is 23.8 Å². The Morgan fingerprint density at radius 2 is 2.00 bits per heavy atom. The number of carbonyl (C=O) groups is 1. The Balaban J connectivity index is 1.32. The van der Waals surface area contributed by atoms with E-state index in [9.17, 15) is 4.79 Å². The molecular formula is C22H25N5O4. The Labute approximate surface area is 179 Å². The summed E-state index contributed by atoms with van der Waals surface area (Å²) in [7, 11) is 0. The van der Waals surface area contributed by atoms with E-state index < -0.39 is 0 Å². The van der Waals surface area contributed by atoms with Gasteiger partial charge in [0, 0.05) is 38.3 Å². The van der Waals surface area contributed by atoms with Crippen LogP contribution in [0.5, 0.6) is 5.88 Å². The Bertz CT molecular complexity index is 1080. The first-order valence-electron chi connectivity index (χ1n) is 10.6. The average molecular weight is 423 g/mol. The maximum atomic E-state index is 12.9. The lowest BCUT2D eigenvalue weighted by atomic mass is 10.1. The topological polar surface area (TPSA) is 93.8 Å². The molecule has 2 fully saturated rings. The summed E-state index contributed by atoms with van der Waals surface area (Å²) in [6.07, 6.45) is 2.43. The normalized spacial score (nSPS) is 19.2. The first kappa shape index (κ1) is 19.7. The molecule has 4 heterocycles. The van der Waals surface area contributed by atoms with E-state index in [1.807, 2.05) is 11.0 Å². The van der Waals surface area contributed by atoms with Crippen LogP contribution in [0.2, 0.25) is 0 Å². The minimum Gasteiger partial charge on any atom is -0.471 e. The zero-order valence-corrected chi connectivity index (χ0v) is 17.7. The molecule has 2 aliphatic rings. The van der Waals surface area contributed by atoms with Gasteiger partial charge in [-0.15, -0.1) is 0 Å². The van der Waals surface area contributed by atoms with E-state index in [2.05, 4.69) is 32.2 Å². The van der Waals surface area contributed by atoms with Crippen molar-refractivity contribution in [3.8, 4) is 5.88 Å². The smallest absolute Gasteiger partial charge is 0.259 e. The molecule has 9 heteroatoms. The molecule has 0 spiro atoms. The molecule has 162 valence electrons. The van der Waals surface area contributed by atoms with Crippen molar-refractivity contribution in [3.05, 3.63) is 41.5 Å². The highest BCUT2D eigenvalue weighted by Gasteiger charge is 2.27. The molecule has 0 saturated carbocycles. The zero-order chi connectivity index (χ0) is 21.4. The van der Waals surface area contributed by atoms with Gasteiger partial charge in [-0.05, 0) is 32.0 Å². The maximum absolute atomic E-state index is 12.9. The van der Waals surface area contributed by atoms with Gasteiger partial charge in [0.1, 0.15) is 23.8 Å². The summed E-state index contributed by atoms with van der Waals surface area (Å²) >= 11 is 0. The molecule has 1 atom stereocenters. The van der Waals surface area contributed by atoms with Gasteiger partial charge in [-0.2, -0.15) is 0 Å². The predicted octanol–water partition coefficient (Wildman–Crippen LogP) is 2.36. The highest BCUT2D eigenvalue weighted by atomic mass is 16.5. The number of carbonyl (C=O) groups excluding carboxylic acids is 1. The van der Waals surface area contributed by atoms with E-state index in [1.54, 1.807) is 13.8 Å². The Morgan fingerprint density at radius 3 is 2.71 bits per heavy atom. The molecule has 31 heavy (non-hydrogen) atoms. The highest BCUT2D eigenvalue weighted by molar-refractivity contribution is 5.96. The molecule has 1 amide bonds. The van der Waals surface area contributed by atoms with Crippen LogP contribution in [0.1, 0.15) is 28.2 Å². The molecule has 0 radical (unpaired) electrons. The largest absolute Gasteiger partial charge is 0.471 e. The number of fused-ring (bicyclic) bond motifs is 1. The lowest BCUT2D eigenvalue weighted by Gasteiger charge is -2.36. The van der Waals surface area contributed by atoms with Gasteiger partial charge in [-0.1, -0.05) is 5.16 Å². The number of anilines is 1. The molecular weight excluding hydrogens is 398 g/mol. The second-order valence-corrected chi connectivity index (χ2v) is 7.96. The van der Waals surface area contributed by atoms with Crippen molar-refractivity contribution in [1.29, 1.82) is 0 Å². The van der Waals surface area contributed by atoms with Gasteiger partial charge in [-0.3, -0.25) is 4.79 Å². The van der Waals surface area contributed by atoms with Crippen molar-refractivity contribution in [1.82, 2.24) is 20.0 Å². The fraction of sp³-hybridized carbons (Fsp3) is 0.455. The first-order valence-corrected chi connectivity index (χ1v) is 10.6. The molecule has 2 aliphatic heterocycles. The third-order valence-electron chi connectivity index (χ3n) is 5.93. The van der Waals surface area contributed by atoms with Crippen LogP contribution >= 0.6 is 0 Å². The minimum absolute atomic E-state index is 0.0164. The summed E-state index contributed by atoms with van der Waals surface area (Å²) in [4.78, 5) is 25.8. The number of rotatable bonds is 4. The van der Waals surface area contributed by atoms with Crippen molar-refractivity contribution in [3.63, 3.8) is 0 Å². The third-order valence-corrected chi connectivity index (χ3v) is 5.93. The third kappa shape index (κ3) is 3.81. The Morgan fingerprint density at radius 1 is 1.16 bits per heavy atom. The molecule has 1 aromatic carbocycles. The lowest BCUT2D eigenvalue weighted by molar-refractivity contribution is 0.0744. The summed E-state index contributed by atoms with van der Waals surface area (Å²) < 4.78 is 16.7. The summed E-state index contributed by atoms with van der Waals surface area (Å²) in [6.45, 7) is 7.63. The van der Waals surface area contributed by atoms with E-state index in [-0.39, 0.29) is 12.0 Å². The number of benzene rings is 1. The van der Waals surface area contributed by atoms with E-state index in [0.29, 0.717) is 42.6 Å². The molecule has 2 aromatic heterocycles. The van der Waals surface area contributed by atoms with Gasteiger partial charge in [0.2, 0.25) is 5.88 Å². The maximum Gasteiger partial charge on any atom is 0.259 e. The number of aromatic nitrogens is 3. The van der Waals surface area contributed by atoms with Crippen LogP contribution in [-0.4, -0.2) is 71.4 Å². The van der Waals surface area contributed by atoms with E-state index in [4.69, 9.17) is 14.0 Å². The number of amides is 1. The summed E-state index contributed by atoms with van der Waals surface area (Å²) in [5, 5.41) is 4.79. The first-order chi connectivity index (χ1) is 15.1. The molecule has 0 N–H and O–H groups in total. The van der Waals surface area contributed by atoms with Crippen molar-refractivity contribution < 1.29 is 18.8 Å². The Kier molecular flexibility index (Phi) is 5.19. The number of aryl methyl sites for hydroxylation is 2. The van der Waals surface area contributed by atoms with Crippen LogP contribution < -0.4 is 9.64 Å². The average Bonchev–Trinajstić information content (AvgIpc) is 3.43. The van der Waals surface area contributed by atoms with Crippen LogP contribution in [-0.2, 0) is 4.74 Å². The number of hydrogen-bond donors (Lipinski definition) is 0. The van der Waals surface area contributed by atoms with Gasteiger partial charge in [-0.25, -0.2) is 9.97 Å². The molecule has 0 aliphatic carbocycles. The van der Waals surface area contributed by atoms with E-state index >= 15 is 0 Å². The van der Waals surface area contributed by atoms with Crippen LogP contribution in [0.15, 0.2) is 29.0 Å². The van der Waals surface area contributed by atoms with Gasteiger partial charge >= 0.3 is 0 Å². The van der Waals surface area contributed by atoms with Crippen molar-refractivity contribution in [2.24, 2.45) is 0 Å². The second kappa shape index (κ2) is 8.14. The monoisotopic (exact) mass is 423 g/mol. The second-order valence-electron chi connectivity index (χ2n) is 7.96. The van der Waals surface area contributed by atoms with Crippen LogP contribution in [0.4, 0.5) is 5.69 Å². The van der Waals surface area contributed by atoms with Crippen LogP contribution in [0, 0.1) is 13.8 Å². The summed E-state index contributed by atoms with van der Waals surface area (Å²) in [6, 6.07) is 6.13. The molecule has 5 rings (SSSR count). The standard InChI is InChI=1S/C22H25N5O4/c1-14-20(15(2)31-25-14)22(28)27-8-6-26(7-9-27)16-3-4-19-18(11-16)21(24-13-23-19)30-17-5-10-29-12-17/h3-4,11,13,17H,5-10,12H2,1-2H3. The minimum atomic E-state index is -0.0164.